The molecule has 7 nitrogen and oxygen atoms in total. The second-order valence-corrected chi connectivity index (χ2v) is 5.43. The zero-order chi connectivity index (χ0) is 15.2. The van der Waals surface area contributed by atoms with Crippen LogP contribution in [0.4, 0.5) is 0 Å². The van der Waals surface area contributed by atoms with Gasteiger partial charge in [-0.25, -0.2) is 4.98 Å². The van der Waals surface area contributed by atoms with Crippen LogP contribution < -0.4 is 5.32 Å². The molecule has 1 N–H and O–H groups in total. The van der Waals surface area contributed by atoms with Crippen molar-refractivity contribution in [3.63, 3.8) is 0 Å². The van der Waals surface area contributed by atoms with Gasteiger partial charge in [-0.3, -0.25) is 9.36 Å². The number of rotatable bonds is 6. The Morgan fingerprint density at radius 2 is 2.00 bits per heavy atom. The van der Waals surface area contributed by atoms with E-state index in [2.05, 4.69) is 25.4 Å². The predicted molar refractivity (Wildman–Crippen MR) is 81.8 cm³/mol. The fraction of sp³-hybridized carbons (Fsp3) is 0.467. The maximum Gasteiger partial charge on any atom is 0.251 e. The Balaban J connectivity index is 1.50. The van der Waals surface area contributed by atoms with Crippen LogP contribution in [-0.2, 0) is 0 Å². The van der Waals surface area contributed by atoms with Crippen LogP contribution in [0, 0.1) is 0 Å². The van der Waals surface area contributed by atoms with E-state index < -0.39 is 0 Å². The van der Waals surface area contributed by atoms with Gasteiger partial charge in [0.15, 0.2) is 0 Å². The van der Waals surface area contributed by atoms with Crippen LogP contribution >= 0.6 is 0 Å². The molecule has 7 heteroatoms. The molecule has 1 aliphatic rings. The monoisotopic (exact) mass is 300 g/mol. The highest BCUT2D eigenvalue weighted by Crippen LogP contribution is 2.08. The summed E-state index contributed by atoms with van der Waals surface area (Å²) in [6.45, 7) is 4.14. The number of nitrogens with zero attached hydrogens (tertiary/aromatic N) is 5. The van der Waals surface area contributed by atoms with Crippen molar-refractivity contribution in [2.24, 2.45) is 0 Å². The highest BCUT2D eigenvalue weighted by Gasteiger charge is 2.11. The molecule has 1 aliphatic heterocycles. The van der Waals surface area contributed by atoms with Crippen LogP contribution in [0.2, 0.25) is 0 Å². The summed E-state index contributed by atoms with van der Waals surface area (Å²) in [6.07, 6.45) is 8.31. The van der Waals surface area contributed by atoms with Crippen LogP contribution in [0.25, 0.3) is 5.82 Å². The van der Waals surface area contributed by atoms with Crippen LogP contribution in [0.5, 0.6) is 0 Å². The Hall–Kier alpha value is -2.28. The number of nitrogens with one attached hydrogen (secondary N) is 1. The van der Waals surface area contributed by atoms with Gasteiger partial charge in [0, 0.05) is 18.3 Å². The molecule has 1 amide bonds. The smallest absolute Gasteiger partial charge is 0.251 e. The number of carbonyl (C=O) groups is 1. The molecule has 3 heterocycles. The summed E-state index contributed by atoms with van der Waals surface area (Å²) in [5, 5.41) is 10.4. The highest BCUT2D eigenvalue weighted by molar-refractivity contribution is 5.94. The van der Waals surface area contributed by atoms with Crippen LogP contribution in [0.1, 0.15) is 29.6 Å². The van der Waals surface area contributed by atoms with E-state index >= 15 is 0 Å². The lowest BCUT2D eigenvalue weighted by atomic mass is 10.2. The average molecular weight is 300 g/mol. The molecule has 0 aliphatic carbocycles. The average Bonchev–Trinajstić information content (AvgIpc) is 3.24. The quantitative estimate of drug-likeness (QED) is 0.801. The van der Waals surface area contributed by atoms with Crippen molar-refractivity contribution in [1.29, 1.82) is 0 Å². The molecular formula is C15H20N6O. The number of likely N-dealkylation sites (tertiary alicyclic amines) is 1. The van der Waals surface area contributed by atoms with Gasteiger partial charge in [0.25, 0.3) is 5.91 Å². The first kappa shape index (κ1) is 14.6. The number of amides is 1. The lowest BCUT2D eigenvalue weighted by Gasteiger charge is -2.14. The molecule has 0 unspecified atom stereocenters. The topological polar surface area (TPSA) is 75.9 Å². The van der Waals surface area contributed by atoms with Crippen LogP contribution in [-0.4, -0.2) is 56.7 Å². The number of pyridine rings is 1. The summed E-state index contributed by atoms with van der Waals surface area (Å²) in [7, 11) is 0. The molecule has 1 saturated heterocycles. The van der Waals surface area contributed by atoms with E-state index in [0.29, 0.717) is 17.9 Å². The lowest BCUT2D eigenvalue weighted by molar-refractivity contribution is 0.0952. The van der Waals surface area contributed by atoms with E-state index in [1.54, 1.807) is 35.6 Å². The molecule has 1 fully saturated rings. The molecule has 2 aromatic rings. The van der Waals surface area contributed by atoms with E-state index in [4.69, 9.17) is 0 Å². The first-order valence-corrected chi connectivity index (χ1v) is 7.64. The van der Waals surface area contributed by atoms with E-state index in [9.17, 15) is 4.79 Å². The molecule has 0 atom stereocenters. The third-order valence-corrected chi connectivity index (χ3v) is 3.83. The maximum absolute atomic E-state index is 12.2. The van der Waals surface area contributed by atoms with Crippen LogP contribution in [0.15, 0.2) is 31.0 Å². The highest BCUT2D eigenvalue weighted by atomic mass is 16.1. The van der Waals surface area contributed by atoms with Gasteiger partial charge in [0.2, 0.25) is 0 Å². The third kappa shape index (κ3) is 3.67. The second-order valence-electron chi connectivity index (χ2n) is 5.43. The Morgan fingerprint density at radius 1 is 1.23 bits per heavy atom. The van der Waals surface area contributed by atoms with Crippen molar-refractivity contribution < 1.29 is 4.79 Å². The molecule has 0 aromatic carbocycles. The summed E-state index contributed by atoms with van der Waals surface area (Å²) in [6, 6.07) is 3.45. The van der Waals surface area contributed by atoms with Crippen molar-refractivity contribution >= 4 is 5.91 Å². The predicted octanol–water partition coefficient (Wildman–Crippen LogP) is 0.878. The van der Waals surface area contributed by atoms with Gasteiger partial charge in [0.1, 0.15) is 18.5 Å². The fourth-order valence-electron chi connectivity index (χ4n) is 2.63. The third-order valence-electron chi connectivity index (χ3n) is 3.83. The maximum atomic E-state index is 12.2. The minimum absolute atomic E-state index is 0.0712. The second kappa shape index (κ2) is 7.13. The zero-order valence-corrected chi connectivity index (χ0v) is 12.5. The summed E-state index contributed by atoms with van der Waals surface area (Å²) in [5.41, 5.74) is 0.597. The summed E-state index contributed by atoms with van der Waals surface area (Å²) in [5.74, 6) is 0.563. The minimum atomic E-state index is -0.0712. The standard InChI is InChI=1S/C15H20N6O/c22-15(17-5-3-9-20-7-1-2-8-20)13-4-6-16-14(10-13)21-11-18-19-12-21/h4,6,10-12H,1-3,5,7-9H2,(H,17,22). The van der Waals surface area contributed by atoms with Crippen molar-refractivity contribution in [1.82, 2.24) is 30.0 Å². The van der Waals surface area contributed by atoms with E-state index in [-0.39, 0.29) is 5.91 Å². The molecule has 0 bridgehead atoms. The molecular weight excluding hydrogens is 280 g/mol. The zero-order valence-electron chi connectivity index (χ0n) is 12.5. The van der Waals surface area contributed by atoms with Gasteiger partial charge in [-0.15, -0.1) is 10.2 Å². The Labute approximate surface area is 129 Å². The summed E-state index contributed by atoms with van der Waals surface area (Å²) >= 11 is 0. The first-order chi connectivity index (χ1) is 10.8. The molecule has 116 valence electrons. The Morgan fingerprint density at radius 3 is 2.77 bits per heavy atom. The number of aromatic nitrogens is 4. The van der Waals surface area contributed by atoms with Crippen molar-refractivity contribution in [3.8, 4) is 5.82 Å². The van der Waals surface area contributed by atoms with Gasteiger partial charge in [-0.1, -0.05) is 0 Å². The number of hydrogen-bond donors (Lipinski definition) is 1. The van der Waals surface area contributed by atoms with Gasteiger partial charge in [0.05, 0.1) is 0 Å². The molecule has 0 spiro atoms. The lowest BCUT2D eigenvalue weighted by Crippen LogP contribution is -2.28. The van der Waals surface area contributed by atoms with Crippen molar-refractivity contribution in [2.75, 3.05) is 26.2 Å². The summed E-state index contributed by atoms with van der Waals surface area (Å²) in [4.78, 5) is 18.8. The largest absolute Gasteiger partial charge is 0.352 e. The van der Waals surface area contributed by atoms with Gasteiger partial charge >= 0.3 is 0 Å². The first-order valence-electron chi connectivity index (χ1n) is 7.64. The fourth-order valence-corrected chi connectivity index (χ4v) is 2.63. The van der Waals surface area contributed by atoms with Gasteiger partial charge in [-0.2, -0.15) is 0 Å². The van der Waals surface area contributed by atoms with E-state index in [0.717, 1.165) is 13.0 Å². The number of carbonyl (C=O) groups excluding carboxylic acids is 1. The Kier molecular flexibility index (Phi) is 4.75. The molecule has 3 rings (SSSR count). The summed E-state index contributed by atoms with van der Waals surface area (Å²) < 4.78 is 1.67. The number of hydrogen-bond acceptors (Lipinski definition) is 5. The van der Waals surface area contributed by atoms with E-state index in [1.165, 1.54) is 25.9 Å². The molecule has 2 aromatic heterocycles. The minimum Gasteiger partial charge on any atom is -0.352 e. The normalized spacial score (nSPS) is 15.1. The van der Waals surface area contributed by atoms with Crippen LogP contribution in [0.3, 0.4) is 0 Å². The molecule has 0 saturated carbocycles. The van der Waals surface area contributed by atoms with Gasteiger partial charge < -0.3 is 10.2 Å². The Bertz CT molecular complexity index is 606. The van der Waals surface area contributed by atoms with Gasteiger partial charge in [-0.05, 0) is 51.0 Å². The SMILES string of the molecule is O=C(NCCCN1CCCC1)c1ccnc(-n2cnnc2)c1. The van der Waals surface area contributed by atoms with Crippen molar-refractivity contribution in [3.05, 3.63) is 36.5 Å². The van der Waals surface area contributed by atoms with E-state index in [1.807, 2.05) is 0 Å². The molecule has 22 heavy (non-hydrogen) atoms. The van der Waals surface area contributed by atoms with Crippen molar-refractivity contribution in [2.45, 2.75) is 19.3 Å². The molecule has 0 radical (unpaired) electrons.